The van der Waals surface area contributed by atoms with Crippen LogP contribution < -0.4 is 10.0 Å². The van der Waals surface area contributed by atoms with Crippen LogP contribution in [0.15, 0.2) is 35.2 Å². The number of hydrogen-bond donors (Lipinski definition) is 2. The van der Waals surface area contributed by atoms with Crippen LogP contribution in [0.4, 0.5) is 5.82 Å². The molecule has 0 bridgehead atoms. The first-order valence-electron chi connectivity index (χ1n) is 9.14. The molecule has 0 atom stereocenters. The fourth-order valence-corrected chi connectivity index (χ4v) is 4.35. The third-order valence-corrected chi connectivity index (χ3v) is 6.47. The van der Waals surface area contributed by atoms with Crippen molar-refractivity contribution in [2.24, 2.45) is 0 Å². The second-order valence-electron chi connectivity index (χ2n) is 6.82. The first-order chi connectivity index (χ1) is 12.5. The molecule has 0 unspecified atom stereocenters. The van der Waals surface area contributed by atoms with Gasteiger partial charge in [-0.2, -0.15) is 0 Å². The quantitative estimate of drug-likeness (QED) is 0.783. The summed E-state index contributed by atoms with van der Waals surface area (Å²) in [7, 11) is -2.09. The second-order valence-corrected chi connectivity index (χ2v) is 8.68. The highest BCUT2D eigenvalue weighted by atomic mass is 32.2. The molecule has 3 rings (SSSR count). The Bertz CT molecular complexity index is 842. The lowest BCUT2D eigenvalue weighted by atomic mass is 10.1. The molecule has 1 heterocycles. The van der Waals surface area contributed by atoms with Crippen LogP contribution in [0.1, 0.15) is 44.1 Å². The van der Waals surface area contributed by atoms with Crippen molar-refractivity contribution in [1.29, 1.82) is 0 Å². The number of anilines is 1. The van der Waals surface area contributed by atoms with Crippen LogP contribution in [0.25, 0.3) is 11.3 Å². The molecule has 1 aromatic carbocycles. The van der Waals surface area contributed by atoms with Crippen molar-refractivity contribution in [2.45, 2.75) is 56.4 Å². The van der Waals surface area contributed by atoms with Crippen LogP contribution in [0.2, 0.25) is 0 Å². The van der Waals surface area contributed by atoms with Gasteiger partial charge in [-0.25, -0.2) is 13.1 Å². The lowest BCUT2D eigenvalue weighted by Gasteiger charge is -2.16. The van der Waals surface area contributed by atoms with E-state index in [0.717, 1.165) is 11.4 Å². The molecular weight excluding hydrogens is 348 g/mol. The van der Waals surface area contributed by atoms with Gasteiger partial charge in [0.1, 0.15) is 5.82 Å². The second kappa shape index (κ2) is 8.14. The lowest BCUT2D eigenvalue weighted by Crippen LogP contribution is -2.19. The summed E-state index contributed by atoms with van der Waals surface area (Å²) in [5, 5.41) is 12.1. The van der Waals surface area contributed by atoms with Gasteiger partial charge in [0.25, 0.3) is 0 Å². The minimum atomic E-state index is -3.50. The van der Waals surface area contributed by atoms with Gasteiger partial charge in [-0.1, -0.05) is 37.8 Å². The normalized spacial score (nSPS) is 16.2. The Morgan fingerprint density at radius 3 is 2.35 bits per heavy atom. The van der Waals surface area contributed by atoms with E-state index in [1.807, 2.05) is 18.2 Å². The highest BCUT2D eigenvalue weighted by Crippen LogP contribution is 2.25. The van der Waals surface area contributed by atoms with Crippen molar-refractivity contribution in [3.63, 3.8) is 0 Å². The fourth-order valence-electron chi connectivity index (χ4n) is 3.35. The van der Waals surface area contributed by atoms with Gasteiger partial charge in [0, 0.05) is 11.6 Å². The topological polar surface area (TPSA) is 84.0 Å². The summed E-state index contributed by atoms with van der Waals surface area (Å²) in [6.45, 7) is 1.78. The Morgan fingerprint density at radius 1 is 1.00 bits per heavy atom. The van der Waals surface area contributed by atoms with Crippen LogP contribution >= 0.6 is 0 Å². The fraction of sp³-hybridized carbons (Fsp3) is 0.474. The number of sulfonamides is 1. The molecule has 0 spiro atoms. The molecule has 2 aromatic rings. The highest BCUT2D eigenvalue weighted by molar-refractivity contribution is 7.89. The number of rotatable bonds is 5. The SMILES string of the molecule is CNS(=O)(=O)c1cc(-c2ccc(NC3CCCCCC3)nn2)ccc1C. The molecule has 1 aliphatic rings. The summed E-state index contributed by atoms with van der Waals surface area (Å²) in [5.74, 6) is 0.774. The molecule has 140 valence electrons. The Morgan fingerprint density at radius 2 is 1.73 bits per heavy atom. The lowest BCUT2D eigenvalue weighted by molar-refractivity contribution is 0.587. The zero-order valence-corrected chi connectivity index (χ0v) is 16.1. The van der Waals surface area contributed by atoms with E-state index in [-0.39, 0.29) is 4.90 Å². The van der Waals surface area contributed by atoms with E-state index >= 15 is 0 Å². The van der Waals surface area contributed by atoms with E-state index < -0.39 is 10.0 Å². The van der Waals surface area contributed by atoms with Crippen molar-refractivity contribution >= 4 is 15.8 Å². The average molecular weight is 375 g/mol. The first-order valence-corrected chi connectivity index (χ1v) is 10.6. The van der Waals surface area contributed by atoms with Crippen LogP contribution in [0.3, 0.4) is 0 Å². The predicted octanol–water partition coefficient (Wildman–Crippen LogP) is 3.49. The van der Waals surface area contributed by atoms with Crippen molar-refractivity contribution in [2.75, 3.05) is 12.4 Å². The van der Waals surface area contributed by atoms with E-state index in [0.29, 0.717) is 17.3 Å². The highest BCUT2D eigenvalue weighted by Gasteiger charge is 2.16. The molecule has 6 nitrogen and oxygen atoms in total. The summed E-state index contributed by atoms with van der Waals surface area (Å²) < 4.78 is 26.7. The van der Waals surface area contributed by atoms with Crippen LogP contribution in [-0.2, 0) is 10.0 Å². The van der Waals surface area contributed by atoms with Gasteiger partial charge in [0.2, 0.25) is 10.0 Å². The molecular formula is C19H26N4O2S. The van der Waals surface area contributed by atoms with Crippen molar-refractivity contribution in [3.05, 3.63) is 35.9 Å². The number of hydrogen-bond acceptors (Lipinski definition) is 5. The average Bonchev–Trinajstić information content (AvgIpc) is 2.91. The maximum atomic E-state index is 12.2. The number of nitrogens with one attached hydrogen (secondary N) is 2. The molecule has 1 aromatic heterocycles. The van der Waals surface area contributed by atoms with Gasteiger partial charge in [-0.15, -0.1) is 10.2 Å². The monoisotopic (exact) mass is 374 g/mol. The summed E-state index contributed by atoms with van der Waals surface area (Å²) in [6.07, 6.45) is 7.49. The Hall–Kier alpha value is -1.99. The van der Waals surface area contributed by atoms with E-state index in [1.54, 1.807) is 19.1 Å². The maximum absolute atomic E-state index is 12.2. The number of aromatic nitrogens is 2. The molecule has 0 aliphatic heterocycles. The molecule has 0 radical (unpaired) electrons. The summed E-state index contributed by atoms with van der Waals surface area (Å²) in [4.78, 5) is 0.264. The summed E-state index contributed by atoms with van der Waals surface area (Å²) in [5.41, 5.74) is 2.09. The van der Waals surface area contributed by atoms with Gasteiger partial charge in [-0.05, 0) is 50.6 Å². The van der Waals surface area contributed by atoms with E-state index in [4.69, 9.17) is 0 Å². The predicted molar refractivity (Wildman–Crippen MR) is 104 cm³/mol. The Labute approximate surface area is 155 Å². The molecule has 26 heavy (non-hydrogen) atoms. The van der Waals surface area contributed by atoms with Crippen molar-refractivity contribution in [1.82, 2.24) is 14.9 Å². The summed E-state index contributed by atoms with van der Waals surface area (Å²) in [6, 6.07) is 9.56. The minimum Gasteiger partial charge on any atom is -0.366 e. The van der Waals surface area contributed by atoms with E-state index in [1.165, 1.54) is 45.6 Å². The van der Waals surface area contributed by atoms with Gasteiger partial charge in [-0.3, -0.25) is 0 Å². The van der Waals surface area contributed by atoms with Gasteiger partial charge < -0.3 is 5.32 Å². The van der Waals surface area contributed by atoms with E-state index in [9.17, 15) is 8.42 Å². The molecule has 1 saturated carbocycles. The smallest absolute Gasteiger partial charge is 0.240 e. The third kappa shape index (κ3) is 4.40. The third-order valence-electron chi connectivity index (χ3n) is 4.91. The van der Waals surface area contributed by atoms with Gasteiger partial charge in [0.05, 0.1) is 10.6 Å². The van der Waals surface area contributed by atoms with Gasteiger partial charge >= 0.3 is 0 Å². The number of aryl methyl sites for hydroxylation is 1. The standard InChI is InChI=1S/C19H26N4O2S/c1-14-9-10-15(13-18(14)26(24,25)20-2)17-11-12-19(23-22-17)21-16-7-5-3-4-6-8-16/h9-13,16,20H,3-8H2,1-2H3,(H,21,23). The molecule has 0 saturated heterocycles. The molecule has 1 fully saturated rings. The maximum Gasteiger partial charge on any atom is 0.240 e. The number of nitrogens with zero attached hydrogens (tertiary/aromatic N) is 2. The molecule has 7 heteroatoms. The molecule has 1 aliphatic carbocycles. The van der Waals surface area contributed by atoms with Crippen LogP contribution in [0, 0.1) is 6.92 Å². The van der Waals surface area contributed by atoms with Crippen LogP contribution in [-0.4, -0.2) is 31.7 Å². The van der Waals surface area contributed by atoms with Crippen molar-refractivity contribution < 1.29 is 8.42 Å². The Kier molecular flexibility index (Phi) is 5.88. The van der Waals surface area contributed by atoms with Gasteiger partial charge in [0.15, 0.2) is 0 Å². The van der Waals surface area contributed by atoms with Crippen LogP contribution in [0.5, 0.6) is 0 Å². The first kappa shape index (κ1) is 18.8. The molecule has 0 amide bonds. The number of benzene rings is 1. The molecule has 2 N–H and O–H groups in total. The van der Waals surface area contributed by atoms with Crippen molar-refractivity contribution in [3.8, 4) is 11.3 Å². The minimum absolute atomic E-state index is 0.264. The zero-order chi connectivity index (χ0) is 18.6. The van der Waals surface area contributed by atoms with E-state index in [2.05, 4.69) is 20.2 Å². The Balaban J connectivity index is 1.79. The summed E-state index contributed by atoms with van der Waals surface area (Å²) >= 11 is 0. The zero-order valence-electron chi connectivity index (χ0n) is 15.3. The largest absolute Gasteiger partial charge is 0.366 e.